The maximum absolute atomic E-state index is 12.9. The number of ether oxygens (including phenoxy) is 1. The lowest BCUT2D eigenvalue weighted by molar-refractivity contribution is -0.145. The van der Waals surface area contributed by atoms with E-state index in [1.807, 2.05) is 0 Å². The maximum Gasteiger partial charge on any atom is 0.311 e. The van der Waals surface area contributed by atoms with Crippen molar-refractivity contribution in [3.05, 3.63) is 41.5 Å². The monoisotopic (exact) mass is 424 g/mol. The van der Waals surface area contributed by atoms with E-state index >= 15 is 0 Å². The molecular weight excluding hydrogens is 388 g/mol. The minimum Gasteiger partial charge on any atom is -0.461 e. The molecule has 0 aromatic heterocycles. The lowest BCUT2D eigenvalue weighted by atomic mass is 9.55. The van der Waals surface area contributed by atoms with Gasteiger partial charge in [-0.1, -0.05) is 37.6 Å². The van der Waals surface area contributed by atoms with Crippen molar-refractivity contribution in [2.45, 2.75) is 52.2 Å². The summed E-state index contributed by atoms with van der Waals surface area (Å²) in [5.74, 6) is 0.00589. The minimum absolute atomic E-state index is 0.0926. The van der Waals surface area contributed by atoms with Gasteiger partial charge in [-0.3, -0.25) is 9.69 Å². The fraction of sp³-hybridized carbons (Fsp3) is 0.654. The number of carbonyl (C=O) groups is 1. The van der Waals surface area contributed by atoms with Gasteiger partial charge in [-0.15, -0.1) is 0 Å². The molecule has 1 aromatic carbocycles. The van der Waals surface area contributed by atoms with E-state index in [9.17, 15) is 9.90 Å². The van der Waals surface area contributed by atoms with E-state index in [4.69, 9.17) is 4.74 Å². The molecule has 4 aliphatic rings. The third-order valence-electron chi connectivity index (χ3n) is 8.76. The van der Waals surface area contributed by atoms with Crippen LogP contribution in [0.2, 0.25) is 0 Å². The van der Waals surface area contributed by atoms with Crippen LogP contribution in [0, 0.1) is 30.1 Å². The molecule has 1 saturated carbocycles. The number of benzene rings is 1. The average molecular weight is 425 g/mol. The van der Waals surface area contributed by atoms with Gasteiger partial charge in [0.1, 0.15) is 6.10 Å². The summed E-state index contributed by atoms with van der Waals surface area (Å²) in [7, 11) is 0. The Hall–Kier alpha value is -1.85. The summed E-state index contributed by atoms with van der Waals surface area (Å²) < 4.78 is 5.85. The largest absolute Gasteiger partial charge is 0.461 e. The highest BCUT2D eigenvalue weighted by atomic mass is 16.6. The molecule has 5 rings (SSSR count). The molecule has 5 nitrogen and oxygen atoms in total. The average Bonchev–Trinajstić information content (AvgIpc) is 3.06. The fourth-order valence-corrected chi connectivity index (χ4v) is 6.57. The second-order valence-electron chi connectivity index (χ2n) is 10.4. The van der Waals surface area contributed by atoms with Gasteiger partial charge < -0.3 is 14.7 Å². The summed E-state index contributed by atoms with van der Waals surface area (Å²) in [6, 6.07) is 8.67. The van der Waals surface area contributed by atoms with Crippen LogP contribution in [-0.2, 0) is 9.53 Å². The predicted molar refractivity (Wildman–Crippen MR) is 122 cm³/mol. The SMILES string of the molecule is Cc1cccc(N2CCN(C[C@@H]3C(=O)O[C@@H]4CC5=CCC[C@@H](C)[C@@]5(C)[C@H](O)[C@@H]34)CC2)c1. The third kappa shape index (κ3) is 3.50. The smallest absolute Gasteiger partial charge is 0.311 e. The van der Waals surface area contributed by atoms with E-state index < -0.39 is 6.10 Å². The van der Waals surface area contributed by atoms with Crippen LogP contribution in [0.1, 0.15) is 38.7 Å². The van der Waals surface area contributed by atoms with Crippen molar-refractivity contribution in [2.24, 2.45) is 23.2 Å². The highest BCUT2D eigenvalue weighted by Crippen LogP contribution is 2.56. The Bertz CT molecular complexity index is 875. The molecule has 3 fully saturated rings. The summed E-state index contributed by atoms with van der Waals surface area (Å²) in [6.07, 6.45) is 4.59. The Kier molecular flexibility index (Phi) is 5.38. The predicted octanol–water partition coefficient (Wildman–Crippen LogP) is 3.40. The van der Waals surface area contributed by atoms with Gasteiger partial charge in [0.05, 0.1) is 12.0 Å². The number of anilines is 1. The van der Waals surface area contributed by atoms with Gasteiger partial charge >= 0.3 is 5.97 Å². The number of aryl methyl sites for hydroxylation is 1. The van der Waals surface area contributed by atoms with Crippen molar-refractivity contribution in [3.8, 4) is 0 Å². The second-order valence-corrected chi connectivity index (χ2v) is 10.4. The molecule has 31 heavy (non-hydrogen) atoms. The Morgan fingerprint density at radius 3 is 2.74 bits per heavy atom. The molecule has 1 N–H and O–H groups in total. The van der Waals surface area contributed by atoms with Crippen LogP contribution in [0.25, 0.3) is 0 Å². The van der Waals surface area contributed by atoms with Crippen molar-refractivity contribution in [1.29, 1.82) is 0 Å². The van der Waals surface area contributed by atoms with Crippen molar-refractivity contribution in [1.82, 2.24) is 4.90 Å². The number of nitrogens with zero attached hydrogens (tertiary/aromatic N) is 2. The van der Waals surface area contributed by atoms with Crippen LogP contribution < -0.4 is 4.90 Å². The highest BCUT2D eigenvalue weighted by Gasteiger charge is 2.59. The van der Waals surface area contributed by atoms with E-state index in [1.54, 1.807) is 0 Å². The van der Waals surface area contributed by atoms with Gasteiger partial charge in [-0.25, -0.2) is 0 Å². The first-order chi connectivity index (χ1) is 14.9. The molecule has 1 aromatic rings. The molecule has 168 valence electrons. The second kappa shape index (κ2) is 7.93. The number of esters is 1. The number of carbonyl (C=O) groups excluding carboxylic acids is 1. The summed E-state index contributed by atoms with van der Waals surface area (Å²) in [5, 5.41) is 11.5. The summed E-state index contributed by atoms with van der Waals surface area (Å²) >= 11 is 0. The molecule has 0 unspecified atom stereocenters. The van der Waals surface area contributed by atoms with Crippen LogP contribution in [0.4, 0.5) is 5.69 Å². The topological polar surface area (TPSA) is 53.0 Å². The van der Waals surface area contributed by atoms with E-state index in [1.165, 1.54) is 16.8 Å². The van der Waals surface area contributed by atoms with Gasteiger partial charge in [-0.2, -0.15) is 0 Å². The van der Waals surface area contributed by atoms with Gasteiger partial charge in [0.15, 0.2) is 0 Å². The van der Waals surface area contributed by atoms with Crippen LogP contribution >= 0.6 is 0 Å². The summed E-state index contributed by atoms with van der Waals surface area (Å²) in [4.78, 5) is 17.7. The van der Waals surface area contributed by atoms with Crippen molar-refractivity contribution < 1.29 is 14.6 Å². The molecule has 2 aliphatic carbocycles. The highest BCUT2D eigenvalue weighted by molar-refractivity contribution is 5.76. The summed E-state index contributed by atoms with van der Waals surface area (Å²) in [6.45, 7) is 11.1. The Morgan fingerprint density at radius 1 is 1.23 bits per heavy atom. The molecular formula is C26H36N2O3. The number of fused-ring (bicyclic) bond motifs is 2. The third-order valence-corrected chi connectivity index (χ3v) is 8.76. The first-order valence-electron chi connectivity index (χ1n) is 12.0. The van der Waals surface area contributed by atoms with Crippen molar-refractivity contribution in [3.63, 3.8) is 0 Å². The number of rotatable bonds is 3. The molecule has 0 bridgehead atoms. The zero-order valence-electron chi connectivity index (χ0n) is 19.1. The molecule has 6 atom stereocenters. The normalized spacial score (nSPS) is 38.3. The van der Waals surface area contributed by atoms with Gasteiger partial charge in [-0.05, 0) is 43.4 Å². The zero-order chi connectivity index (χ0) is 21.8. The number of allylic oxidation sites excluding steroid dienone is 1. The number of piperazine rings is 1. The molecule has 2 aliphatic heterocycles. The van der Waals surface area contributed by atoms with Gasteiger partial charge in [0.25, 0.3) is 0 Å². The zero-order valence-corrected chi connectivity index (χ0v) is 19.1. The van der Waals surface area contributed by atoms with E-state index in [-0.39, 0.29) is 29.3 Å². The minimum atomic E-state index is -0.516. The van der Waals surface area contributed by atoms with Crippen molar-refractivity contribution >= 4 is 11.7 Å². The van der Waals surface area contributed by atoms with E-state index in [0.717, 1.165) is 45.4 Å². The number of hydrogen-bond acceptors (Lipinski definition) is 5. The number of hydrogen-bond donors (Lipinski definition) is 1. The maximum atomic E-state index is 12.9. The molecule has 0 spiro atoms. The van der Waals surface area contributed by atoms with E-state index in [0.29, 0.717) is 12.5 Å². The van der Waals surface area contributed by atoms with Crippen LogP contribution in [-0.4, -0.2) is 60.9 Å². The van der Waals surface area contributed by atoms with Crippen LogP contribution in [0.15, 0.2) is 35.9 Å². The molecule has 0 amide bonds. The Labute approximate surface area is 186 Å². The lowest BCUT2D eigenvalue weighted by Crippen LogP contribution is -2.55. The van der Waals surface area contributed by atoms with Gasteiger partial charge in [0, 0.05) is 56.2 Å². The van der Waals surface area contributed by atoms with E-state index in [2.05, 4.69) is 60.9 Å². The molecule has 0 radical (unpaired) electrons. The molecule has 5 heteroatoms. The Balaban J connectivity index is 1.28. The fourth-order valence-electron chi connectivity index (χ4n) is 6.57. The number of aliphatic hydroxyl groups is 1. The molecule has 2 heterocycles. The first-order valence-corrected chi connectivity index (χ1v) is 12.0. The van der Waals surface area contributed by atoms with Crippen LogP contribution in [0.3, 0.4) is 0 Å². The summed E-state index contributed by atoms with van der Waals surface area (Å²) in [5.41, 5.74) is 3.64. The first kappa shape index (κ1) is 21.0. The lowest BCUT2D eigenvalue weighted by Gasteiger charge is -2.52. The quantitative estimate of drug-likeness (QED) is 0.595. The standard InChI is InChI=1S/C26H36N2O3/c1-17-6-4-9-20(14-17)28-12-10-27(11-13-28)16-21-23-22(31-25(21)30)15-19-8-5-7-18(2)26(19,3)24(23)29/h4,6,8-9,14,18,21-24,29H,5,7,10-13,15-16H2,1-3H3/t18-,21+,22-,23+,24-,26-/m1/s1. The van der Waals surface area contributed by atoms with Crippen molar-refractivity contribution in [2.75, 3.05) is 37.6 Å². The molecule has 2 saturated heterocycles. The number of aliphatic hydroxyl groups excluding tert-OH is 1. The van der Waals surface area contributed by atoms with Crippen LogP contribution in [0.5, 0.6) is 0 Å². The Morgan fingerprint density at radius 2 is 2.00 bits per heavy atom. The van der Waals surface area contributed by atoms with Gasteiger partial charge in [0.2, 0.25) is 0 Å².